The number of unbranched alkanes of at least 4 members (excludes halogenated alkanes) is 2. The van der Waals surface area contributed by atoms with Crippen LogP contribution < -0.4 is 0 Å². The van der Waals surface area contributed by atoms with E-state index in [1.54, 1.807) is 42.5 Å². The molecular weight excluding hydrogens is 412 g/mol. The second-order valence-corrected chi connectivity index (χ2v) is 9.15. The molecular formula is C24H28N2O4S. The SMILES string of the molecule is C=CCN(C(C#Cc1ccc([N+](=O)[O-])cc1)CCCCC)S(=O)(=O)c1ccc(C)cc1. The van der Waals surface area contributed by atoms with Crippen molar-refractivity contribution in [3.05, 3.63) is 82.4 Å². The van der Waals surface area contributed by atoms with E-state index >= 15 is 0 Å². The Balaban J connectivity index is 2.41. The van der Waals surface area contributed by atoms with E-state index in [2.05, 4.69) is 25.3 Å². The summed E-state index contributed by atoms with van der Waals surface area (Å²) in [5.74, 6) is 6.09. The molecule has 0 fully saturated rings. The highest BCUT2D eigenvalue weighted by molar-refractivity contribution is 7.89. The zero-order valence-electron chi connectivity index (χ0n) is 18.0. The van der Waals surface area contributed by atoms with Crippen molar-refractivity contribution in [2.75, 3.05) is 6.54 Å². The molecule has 7 heteroatoms. The summed E-state index contributed by atoms with van der Waals surface area (Å²) in [5.41, 5.74) is 1.56. The number of rotatable bonds is 10. The molecule has 0 aliphatic heterocycles. The Hall–Kier alpha value is -2.95. The van der Waals surface area contributed by atoms with E-state index in [-0.39, 0.29) is 17.1 Å². The molecule has 0 aliphatic carbocycles. The number of non-ortho nitro benzene ring substituents is 1. The molecule has 0 bridgehead atoms. The molecule has 0 spiro atoms. The first kappa shape index (κ1) is 24.3. The Morgan fingerprint density at radius 2 is 1.77 bits per heavy atom. The third-order valence-corrected chi connectivity index (χ3v) is 6.72. The second kappa shape index (κ2) is 11.4. The molecule has 31 heavy (non-hydrogen) atoms. The number of nitro benzene ring substituents is 1. The molecule has 0 radical (unpaired) electrons. The van der Waals surface area contributed by atoms with Crippen molar-refractivity contribution in [2.24, 2.45) is 0 Å². The van der Waals surface area contributed by atoms with Crippen molar-refractivity contribution in [3.8, 4) is 11.8 Å². The van der Waals surface area contributed by atoms with Gasteiger partial charge in [0, 0.05) is 24.2 Å². The maximum Gasteiger partial charge on any atom is 0.269 e. The van der Waals surface area contributed by atoms with Gasteiger partial charge in [0.25, 0.3) is 5.69 Å². The fraction of sp³-hybridized carbons (Fsp3) is 0.333. The van der Waals surface area contributed by atoms with E-state index in [9.17, 15) is 18.5 Å². The van der Waals surface area contributed by atoms with Gasteiger partial charge in [-0.25, -0.2) is 8.42 Å². The number of nitro groups is 1. The average Bonchev–Trinajstić information content (AvgIpc) is 2.75. The van der Waals surface area contributed by atoms with E-state index < -0.39 is 21.0 Å². The molecule has 164 valence electrons. The summed E-state index contributed by atoms with van der Waals surface area (Å²) in [5, 5.41) is 10.8. The largest absolute Gasteiger partial charge is 0.269 e. The number of hydrogen-bond acceptors (Lipinski definition) is 4. The summed E-state index contributed by atoms with van der Waals surface area (Å²) in [6, 6.07) is 12.1. The Morgan fingerprint density at radius 1 is 1.13 bits per heavy atom. The van der Waals surface area contributed by atoms with Crippen LogP contribution in [0.15, 0.2) is 66.1 Å². The molecule has 0 aliphatic rings. The standard InChI is InChI=1S/C24H28N2O4S/c1-4-6-7-8-22(14-11-21-12-15-23(16-13-21)26(27)28)25(19-5-2)31(29,30)24-17-9-20(3)10-18-24/h5,9-10,12-13,15-18,22H,2,4,6-8,19H2,1,3H3. The first-order valence-corrected chi connectivity index (χ1v) is 11.7. The summed E-state index contributed by atoms with van der Waals surface area (Å²) in [4.78, 5) is 10.6. The smallest absolute Gasteiger partial charge is 0.258 e. The zero-order chi connectivity index (χ0) is 22.9. The normalized spacial score (nSPS) is 12.1. The quantitative estimate of drug-likeness (QED) is 0.170. The van der Waals surface area contributed by atoms with Crippen LogP contribution in [0, 0.1) is 28.9 Å². The van der Waals surface area contributed by atoms with Crippen molar-refractivity contribution in [2.45, 2.75) is 50.5 Å². The van der Waals surface area contributed by atoms with Crippen LogP contribution in [-0.4, -0.2) is 30.2 Å². The van der Waals surface area contributed by atoms with Gasteiger partial charge < -0.3 is 0 Å². The van der Waals surface area contributed by atoms with Gasteiger partial charge in [0.05, 0.1) is 15.9 Å². The number of nitrogens with zero attached hydrogens (tertiary/aromatic N) is 2. The minimum absolute atomic E-state index is 0.0136. The predicted octanol–water partition coefficient (Wildman–Crippen LogP) is 5.08. The van der Waals surface area contributed by atoms with E-state index in [0.717, 1.165) is 24.8 Å². The lowest BCUT2D eigenvalue weighted by Crippen LogP contribution is -2.39. The molecule has 2 aromatic rings. The number of sulfonamides is 1. The molecule has 1 atom stereocenters. The van der Waals surface area contributed by atoms with Gasteiger partial charge in [0.1, 0.15) is 0 Å². The van der Waals surface area contributed by atoms with E-state index in [1.807, 2.05) is 6.92 Å². The van der Waals surface area contributed by atoms with Crippen LogP contribution >= 0.6 is 0 Å². The van der Waals surface area contributed by atoms with Gasteiger partial charge in [0.15, 0.2) is 0 Å². The van der Waals surface area contributed by atoms with Crippen LogP contribution in [0.2, 0.25) is 0 Å². The number of aryl methyl sites for hydroxylation is 1. The highest BCUT2D eigenvalue weighted by atomic mass is 32.2. The van der Waals surface area contributed by atoms with E-state index in [0.29, 0.717) is 12.0 Å². The van der Waals surface area contributed by atoms with Crippen molar-refractivity contribution < 1.29 is 13.3 Å². The molecule has 0 saturated heterocycles. The van der Waals surface area contributed by atoms with Crippen molar-refractivity contribution in [3.63, 3.8) is 0 Å². The Labute approximate surface area is 184 Å². The monoisotopic (exact) mass is 440 g/mol. The molecule has 0 saturated carbocycles. The molecule has 2 aromatic carbocycles. The van der Waals surface area contributed by atoms with Gasteiger partial charge in [0.2, 0.25) is 10.0 Å². The molecule has 0 N–H and O–H groups in total. The minimum atomic E-state index is -3.77. The van der Waals surface area contributed by atoms with Gasteiger partial charge in [-0.1, -0.05) is 61.8 Å². The van der Waals surface area contributed by atoms with E-state index in [4.69, 9.17) is 0 Å². The second-order valence-electron chi connectivity index (χ2n) is 7.26. The first-order chi connectivity index (χ1) is 14.8. The van der Waals surface area contributed by atoms with Crippen LogP contribution in [0.25, 0.3) is 0 Å². The Kier molecular flexibility index (Phi) is 8.98. The molecule has 2 rings (SSSR count). The van der Waals surface area contributed by atoms with Crippen molar-refractivity contribution in [1.82, 2.24) is 4.31 Å². The minimum Gasteiger partial charge on any atom is -0.258 e. The maximum absolute atomic E-state index is 13.4. The van der Waals surface area contributed by atoms with Gasteiger partial charge >= 0.3 is 0 Å². The lowest BCUT2D eigenvalue weighted by atomic mass is 10.1. The summed E-state index contributed by atoms with van der Waals surface area (Å²) in [7, 11) is -3.77. The average molecular weight is 441 g/mol. The molecule has 1 unspecified atom stereocenters. The van der Waals surface area contributed by atoms with Crippen LogP contribution in [0.4, 0.5) is 5.69 Å². The number of hydrogen-bond donors (Lipinski definition) is 0. The Morgan fingerprint density at radius 3 is 2.32 bits per heavy atom. The number of benzene rings is 2. The summed E-state index contributed by atoms with van der Waals surface area (Å²) >= 11 is 0. The topological polar surface area (TPSA) is 80.5 Å². The van der Waals surface area contributed by atoms with Crippen molar-refractivity contribution >= 4 is 15.7 Å². The molecule has 6 nitrogen and oxygen atoms in total. The van der Waals surface area contributed by atoms with Gasteiger partial charge in [-0.15, -0.1) is 6.58 Å². The van der Waals surface area contributed by atoms with Crippen LogP contribution in [0.3, 0.4) is 0 Å². The van der Waals surface area contributed by atoms with Gasteiger partial charge in [-0.05, 0) is 37.6 Å². The first-order valence-electron chi connectivity index (χ1n) is 10.2. The summed E-state index contributed by atoms with van der Waals surface area (Å²) < 4.78 is 28.1. The molecule has 0 amide bonds. The fourth-order valence-electron chi connectivity index (χ4n) is 3.07. The predicted molar refractivity (Wildman–Crippen MR) is 123 cm³/mol. The van der Waals surface area contributed by atoms with Crippen LogP contribution in [0.1, 0.15) is 43.7 Å². The van der Waals surface area contributed by atoms with Crippen LogP contribution in [-0.2, 0) is 10.0 Å². The molecule has 0 aromatic heterocycles. The lowest BCUT2D eigenvalue weighted by molar-refractivity contribution is -0.384. The highest BCUT2D eigenvalue weighted by Crippen LogP contribution is 2.22. The van der Waals surface area contributed by atoms with Gasteiger partial charge in [-0.2, -0.15) is 4.31 Å². The van der Waals surface area contributed by atoms with Crippen molar-refractivity contribution in [1.29, 1.82) is 0 Å². The maximum atomic E-state index is 13.4. The summed E-state index contributed by atoms with van der Waals surface area (Å²) in [6.07, 6.45) is 4.98. The zero-order valence-corrected chi connectivity index (χ0v) is 18.8. The molecule has 0 heterocycles. The Bertz CT molecular complexity index is 1050. The van der Waals surface area contributed by atoms with E-state index in [1.165, 1.54) is 16.4 Å². The van der Waals surface area contributed by atoms with Gasteiger partial charge in [-0.3, -0.25) is 10.1 Å². The fourth-order valence-corrected chi connectivity index (χ4v) is 4.62. The lowest BCUT2D eigenvalue weighted by Gasteiger charge is -2.27. The highest BCUT2D eigenvalue weighted by Gasteiger charge is 2.29. The summed E-state index contributed by atoms with van der Waals surface area (Å²) in [6.45, 7) is 7.86. The third-order valence-electron chi connectivity index (χ3n) is 4.83. The third kappa shape index (κ3) is 6.78. The van der Waals surface area contributed by atoms with Crippen LogP contribution in [0.5, 0.6) is 0 Å².